The van der Waals surface area contributed by atoms with E-state index in [1.807, 2.05) is 0 Å². The molecule has 2 rings (SSSR count). The SMILES string of the molecule is COc1ccc(F)cc1S(=O)(=O)N(C)CC(=O)Nc1cccc(F)c1. The Balaban J connectivity index is 2.17. The van der Waals surface area contributed by atoms with Crippen molar-refractivity contribution in [3.05, 3.63) is 54.1 Å². The Labute approximate surface area is 144 Å². The number of carbonyl (C=O) groups excluding carboxylic acids is 1. The van der Waals surface area contributed by atoms with Gasteiger partial charge in [-0.1, -0.05) is 6.07 Å². The van der Waals surface area contributed by atoms with Crippen LogP contribution in [0.25, 0.3) is 0 Å². The second kappa shape index (κ2) is 7.58. The Kier molecular flexibility index (Phi) is 5.70. The lowest BCUT2D eigenvalue weighted by Crippen LogP contribution is -2.35. The molecule has 0 spiro atoms. The first-order chi connectivity index (χ1) is 11.7. The van der Waals surface area contributed by atoms with Crippen molar-refractivity contribution in [2.75, 3.05) is 26.0 Å². The quantitative estimate of drug-likeness (QED) is 0.846. The van der Waals surface area contributed by atoms with Crippen molar-refractivity contribution in [2.24, 2.45) is 0 Å². The van der Waals surface area contributed by atoms with Crippen molar-refractivity contribution in [1.82, 2.24) is 4.31 Å². The van der Waals surface area contributed by atoms with Crippen molar-refractivity contribution in [3.63, 3.8) is 0 Å². The van der Waals surface area contributed by atoms with Crippen LogP contribution in [0.3, 0.4) is 0 Å². The first-order valence-corrected chi connectivity index (χ1v) is 8.53. The fourth-order valence-electron chi connectivity index (χ4n) is 2.07. The molecule has 25 heavy (non-hydrogen) atoms. The standard InChI is InChI=1S/C16H16F2N2O4S/c1-20(10-16(21)19-13-5-3-4-11(17)8-13)25(22,23)15-9-12(18)6-7-14(15)24-2/h3-9H,10H2,1-2H3,(H,19,21). The van der Waals surface area contributed by atoms with Crippen LogP contribution in [0.5, 0.6) is 5.75 Å². The molecule has 0 atom stereocenters. The highest BCUT2D eigenvalue weighted by atomic mass is 32.2. The molecule has 1 amide bonds. The number of ether oxygens (including phenoxy) is 1. The lowest BCUT2D eigenvalue weighted by molar-refractivity contribution is -0.116. The number of hydrogen-bond donors (Lipinski definition) is 1. The number of nitrogens with zero attached hydrogens (tertiary/aromatic N) is 1. The smallest absolute Gasteiger partial charge is 0.247 e. The molecule has 0 saturated carbocycles. The number of sulfonamides is 1. The number of halogens is 2. The zero-order valence-corrected chi connectivity index (χ0v) is 14.3. The number of anilines is 1. The summed E-state index contributed by atoms with van der Waals surface area (Å²) in [5.74, 6) is -2.01. The van der Waals surface area contributed by atoms with Gasteiger partial charge in [-0.15, -0.1) is 0 Å². The van der Waals surface area contributed by atoms with Gasteiger partial charge in [-0.2, -0.15) is 4.31 Å². The lowest BCUT2D eigenvalue weighted by atomic mass is 10.3. The molecule has 0 aliphatic heterocycles. The number of likely N-dealkylation sites (N-methyl/N-ethyl adjacent to an activating group) is 1. The van der Waals surface area contributed by atoms with Crippen LogP contribution in [-0.2, 0) is 14.8 Å². The Morgan fingerprint density at radius 1 is 1.16 bits per heavy atom. The van der Waals surface area contributed by atoms with E-state index in [9.17, 15) is 22.0 Å². The van der Waals surface area contributed by atoms with Crippen LogP contribution >= 0.6 is 0 Å². The summed E-state index contributed by atoms with van der Waals surface area (Å²) in [6.45, 7) is -0.543. The van der Waals surface area contributed by atoms with Crippen LogP contribution in [0.15, 0.2) is 47.4 Å². The van der Waals surface area contributed by atoms with E-state index >= 15 is 0 Å². The summed E-state index contributed by atoms with van der Waals surface area (Å²) in [7, 11) is -1.74. The third kappa shape index (κ3) is 4.52. The maximum absolute atomic E-state index is 13.4. The molecule has 2 aromatic rings. The predicted molar refractivity (Wildman–Crippen MR) is 87.8 cm³/mol. The van der Waals surface area contributed by atoms with Gasteiger partial charge in [0.15, 0.2) is 0 Å². The maximum Gasteiger partial charge on any atom is 0.247 e. The van der Waals surface area contributed by atoms with Gasteiger partial charge < -0.3 is 10.1 Å². The number of benzene rings is 2. The average molecular weight is 370 g/mol. The van der Waals surface area contributed by atoms with Crippen molar-refractivity contribution >= 4 is 21.6 Å². The Bertz CT molecular complexity index is 887. The van der Waals surface area contributed by atoms with Crippen molar-refractivity contribution < 1.29 is 26.7 Å². The third-order valence-electron chi connectivity index (χ3n) is 3.29. The van der Waals surface area contributed by atoms with Crippen LogP contribution in [0, 0.1) is 11.6 Å². The molecule has 0 heterocycles. The summed E-state index contributed by atoms with van der Waals surface area (Å²) in [4.78, 5) is 11.6. The van der Waals surface area contributed by atoms with Gasteiger partial charge in [0, 0.05) is 12.7 Å². The summed E-state index contributed by atoms with van der Waals surface area (Å²) in [6, 6.07) is 8.24. The predicted octanol–water partition coefficient (Wildman–Crippen LogP) is 2.23. The molecule has 9 heteroatoms. The van der Waals surface area contributed by atoms with Crippen LogP contribution in [0.4, 0.5) is 14.5 Å². The number of hydrogen-bond acceptors (Lipinski definition) is 4. The van der Waals surface area contributed by atoms with E-state index in [4.69, 9.17) is 4.74 Å². The van der Waals surface area contributed by atoms with Gasteiger partial charge in [0.1, 0.15) is 22.3 Å². The number of amides is 1. The van der Waals surface area contributed by atoms with E-state index < -0.39 is 39.0 Å². The minimum atomic E-state index is -4.17. The Hall–Kier alpha value is -2.52. The van der Waals surface area contributed by atoms with E-state index in [1.54, 1.807) is 0 Å². The summed E-state index contributed by atoms with van der Waals surface area (Å²) in [5, 5.41) is 2.39. The van der Waals surface area contributed by atoms with Gasteiger partial charge in [-0.05, 0) is 36.4 Å². The van der Waals surface area contributed by atoms with Gasteiger partial charge >= 0.3 is 0 Å². The molecule has 134 valence electrons. The number of carbonyl (C=O) groups is 1. The Morgan fingerprint density at radius 2 is 1.84 bits per heavy atom. The molecule has 1 N–H and O–H groups in total. The molecule has 0 aliphatic carbocycles. The van der Waals surface area contributed by atoms with E-state index in [2.05, 4.69) is 5.32 Å². The number of nitrogens with one attached hydrogen (secondary N) is 1. The van der Waals surface area contributed by atoms with E-state index in [-0.39, 0.29) is 11.4 Å². The molecule has 0 bridgehead atoms. The highest BCUT2D eigenvalue weighted by Gasteiger charge is 2.27. The minimum absolute atomic E-state index is 0.0428. The van der Waals surface area contributed by atoms with Crippen LogP contribution in [-0.4, -0.2) is 39.3 Å². The van der Waals surface area contributed by atoms with Gasteiger partial charge in [-0.25, -0.2) is 17.2 Å². The maximum atomic E-state index is 13.4. The van der Waals surface area contributed by atoms with E-state index in [0.717, 1.165) is 22.5 Å². The molecule has 2 aromatic carbocycles. The van der Waals surface area contributed by atoms with Crippen LogP contribution in [0.2, 0.25) is 0 Å². The van der Waals surface area contributed by atoms with Gasteiger partial charge in [0.25, 0.3) is 0 Å². The van der Waals surface area contributed by atoms with Crippen molar-refractivity contribution in [2.45, 2.75) is 4.90 Å². The van der Waals surface area contributed by atoms with Crippen molar-refractivity contribution in [3.8, 4) is 5.75 Å². The van der Waals surface area contributed by atoms with E-state index in [0.29, 0.717) is 0 Å². The molecule has 0 radical (unpaired) electrons. The Morgan fingerprint density at radius 3 is 2.48 bits per heavy atom. The minimum Gasteiger partial charge on any atom is -0.495 e. The second-order valence-electron chi connectivity index (χ2n) is 5.11. The fraction of sp³-hybridized carbons (Fsp3) is 0.188. The highest BCUT2D eigenvalue weighted by Crippen LogP contribution is 2.26. The van der Waals surface area contributed by atoms with Gasteiger partial charge in [0.2, 0.25) is 15.9 Å². The monoisotopic (exact) mass is 370 g/mol. The topological polar surface area (TPSA) is 75.7 Å². The second-order valence-corrected chi connectivity index (χ2v) is 7.13. The zero-order chi connectivity index (χ0) is 18.6. The first-order valence-electron chi connectivity index (χ1n) is 7.09. The molecule has 0 unspecified atom stereocenters. The third-order valence-corrected chi connectivity index (χ3v) is 5.11. The highest BCUT2D eigenvalue weighted by molar-refractivity contribution is 7.89. The lowest BCUT2D eigenvalue weighted by Gasteiger charge is -2.18. The molecular weight excluding hydrogens is 354 g/mol. The zero-order valence-electron chi connectivity index (χ0n) is 13.5. The summed E-state index contributed by atoms with van der Waals surface area (Å²) < 4.78 is 57.3. The number of methoxy groups -OCH3 is 1. The van der Waals surface area contributed by atoms with E-state index in [1.165, 1.54) is 38.4 Å². The summed E-state index contributed by atoms with van der Waals surface area (Å²) in [5.41, 5.74) is 0.194. The summed E-state index contributed by atoms with van der Waals surface area (Å²) in [6.07, 6.45) is 0. The molecule has 0 saturated heterocycles. The summed E-state index contributed by atoms with van der Waals surface area (Å²) >= 11 is 0. The first kappa shape index (κ1) is 18.8. The normalized spacial score (nSPS) is 11.4. The molecular formula is C16H16F2N2O4S. The number of rotatable bonds is 6. The van der Waals surface area contributed by atoms with Crippen LogP contribution < -0.4 is 10.1 Å². The largest absolute Gasteiger partial charge is 0.495 e. The molecule has 0 aromatic heterocycles. The molecule has 0 fully saturated rings. The fourth-order valence-corrected chi connectivity index (χ4v) is 3.36. The van der Waals surface area contributed by atoms with Crippen molar-refractivity contribution in [1.29, 1.82) is 0 Å². The average Bonchev–Trinajstić information content (AvgIpc) is 2.54. The van der Waals surface area contributed by atoms with Gasteiger partial charge in [-0.3, -0.25) is 4.79 Å². The molecule has 6 nitrogen and oxygen atoms in total. The van der Waals surface area contributed by atoms with Crippen LogP contribution in [0.1, 0.15) is 0 Å². The molecule has 0 aliphatic rings. The van der Waals surface area contributed by atoms with Gasteiger partial charge in [0.05, 0.1) is 13.7 Å².